The number of hydrogen-bond donors (Lipinski definition) is 1. The van der Waals surface area contributed by atoms with Gasteiger partial charge in [0, 0.05) is 0 Å². The largest absolute Gasteiger partial charge is 0.492 e. The van der Waals surface area contributed by atoms with Crippen molar-refractivity contribution < 1.29 is 9.13 Å². The Balaban J connectivity index is 1.92. The van der Waals surface area contributed by atoms with Crippen LogP contribution in [0.25, 0.3) is 0 Å². The molecule has 2 atom stereocenters. The van der Waals surface area contributed by atoms with Gasteiger partial charge >= 0.3 is 0 Å². The summed E-state index contributed by atoms with van der Waals surface area (Å²) in [5.74, 6) is 1.37. The van der Waals surface area contributed by atoms with Crippen LogP contribution in [0.5, 0.6) is 5.75 Å². The van der Waals surface area contributed by atoms with Gasteiger partial charge in [-0.1, -0.05) is 18.5 Å². The van der Waals surface area contributed by atoms with Crippen molar-refractivity contribution in [1.82, 2.24) is 5.32 Å². The zero-order valence-corrected chi connectivity index (χ0v) is 10.6. The first-order valence-corrected chi connectivity index (χ1v) is 6.33. The number of ether oxygens (including phenoxy) is 1. The average Bonchev–Trinajstić information content (AvgIpc) is 2.30. The van der Waals surface area contributed by atoms with Crippen LogP contribution in [-0.2, 0) is 0 Å². The first-order chi connectivity index (χ1) is 8.16. The highest BCUT2D eigenvalue weighted by molar-refractivity contribution is 6.32. The molecule has 1 aromatic carbocycles. The Kier molecular flexibility index (Phi) is 4.24. The fraction of sp³-hybridized carbons (Fsp3) is 0.538. The lowest BCUT2D eigenvalue weighted by Crippen LogP contribution is -2.37. The second kappa shape index (κ2) is 5.69. The maximum Gasteiger partial charge on any atom is 0.138 e. The molecule has 1 N–H and O–H groups in total. The standard InChI is InChI=1S/C13H17ClFNO/c1-9-7-16-5-4-10(9)8-17-13-3-2-11(15)6-12(13)14/h2-3,6,9-10,16H,4-5,7-8H2,1H3. The molecule has 0 aliphatic carbocycles. The van der Waals surface area contributed by atoms with Gasteiger partial charge in [0.25, 0.3) is 0 Å². The van der Waals surface area contributed by atoms with Crippen LogP contribution in [0.4, 0.5) is 4.39 Å². The molecule has 2 unspecified atom stereocenters. The smallest absolute Gasteiger partial charge is 0.138 e. The van der Waals surface area contributed by atoms with Crippen LogP contribution in [0.15, 0.2) is 18.2 Å². The van der Waals surface area contributed by atoms with Gasteiger partial charge < -0.3 is 10.1 Å². The Hall–Kier alpha value is -0.800. The molecule has 1 aliphatic heterocycles. The second-order valence-corrected chi connectivity index (χ2v) is 5.02. The first-order valence-electron chi connectivity index (χ1n) is 5.95. The first kappa shape index (κ1) is 12.7. The summed E-state index contributed by atoms with van der Waals surface area (Å²) in [5.41, 5.74) is 0. The molecule has 2 rings (SSSR count). The number of hydrogen-bond acceptors (Lipinski definition) is 2. The number of benzene rings is 1. The highest BCUT2D eigenvalue weighted by Crippen LogP contribution is 2.27. The van der Waals surface area contributed by atoms with Gasteiger partial charge in [-0.3, -0.25) is 0 Å². The van der Waals surface area contributed by atoms with Crippen molar-refractivity contribution in [2.24, 2.45) is 11.8 Å². The number of halogens is 2. The molecule has 0 aromatic heterocycles. The summed E-state index contributed by atoms with van der Waals surface area (Å²) < 4.78 is 18.5. The van der Waals surface area contributed by atoms with Crippen molar-refractivity contribution in [2.75, 3.05) is 19.7 Å². The summed E-state index contributed by atoms with van der Waals surface area (Å²) in [4.78, 5) is 0. The van der Waals surface area contributed by atoms with Crippen molar-refractivity contribution in [3.63, 3.8) is 0 Å². The summed E-state index contributed by atoms with van der Waals surface area (Å²) in [5, 5.41) is 3.69. The lowest BCUT2D eigenvalue weighted by atomic mass is 9.89. The van der Waals surface area contributed by atoms with Crippen molar-refractivity contribution in [3.8, 4) is 5.75 Å². The van der Waals surface area contributed by atoms with E-state index in [2.05, 4.69) is 12.2 Å². The van der Waals surface area contributed by atoms with Crippen molar-refractivity contribution in [2.45, 2.75) is 13.3 Å². The molecule has 1 saturated heterocycles. The Morgan fingerprint density at radius 1 is 1.53 bits per heavy atom. The summed E-state index contributed by atoms with van der Waals surface area (Å²) in [7, 11) is 0. The average molecular weight is 258 g/mol. The molecule has 1 aliphatic rings. The predicted molar refractivity (Wildman–Crippen MR) is 67.0 cm³/mol. The Labute approximate surface area is 106 Å². The van der Waals surface area contributed by atoms with E-state index in [1.165, 1.54) is 12.1 Å². The van der Waals surface area contributed by atoms with Crippen LogP contribution >= 0.6 is 11.6 Å². The van der Waals surface area contributed by atoms with E-state index in [-0.39, 0.29) is 5.82 Å². The van der Waals surface area contributed by atoms with E-state index in [0.717, 1.165) is 19.5 Å². The molecule has 94 valence electrons. The van der Waals surface area contributed by atoms with Crippen molar-refractivity contribution in [1.29, 1.82) is 0 Å². The maximum absolute atomic E-state index is 12.9. The zero-order chi connectivity index (χ0) is 12.3. The molecule has 17 heavy (non-hydrogen) atoms. The molecule has 0 saturated carbocycles. The van der Waals surface area contributed by atoms with Crippen LogP contribution in [0.1, 0.15) is 13.3 Å². The van der Waals surface area contributed by atoms with Gasteiger partial charge in [0.2, 0.25) is 0 Å². The number of piperidine rings is 1. The van der Waals surface area contributed by atoms with Crippen LogP contribution in [-0.4, -0.2) is 19.7 Å². The van der Waals surface area contributed by atoms with Crippen molar-refractivity contribution >= 4 is 11.6 Å². The normalized spacial score (nSPS) is 24.6. The quantitative estimate of drug-likeness (QED) is 0.899. The minimum atomic E-state index is -0.336. The molecule has 2 nitrogen and oxygen atoms in total. The minimum absolute atomic E-state index is 0.336. The molecular weight excluding hydrogens is 241 g/mol. The SMILES string of the molecule is CC1CNCCC1COc1ccc(F)cc1Cl. The van der Waals surface area contributed by atoms with Crippen LogP contribution in [0.3, 0.4) is 0 Å². The van der Waals surface area contributed by atoms with Gasteiger partial charge in [0.05, 0.1) is 11.6 Å². The third kappa shape index (κ3) is 3.33. The number of rotatable bonds is 3. The van der Waals surface area contributed by atoms with Gasteiger partial charge in [-0.25, -0.2) is 4.39 Å². The van der Waals surface area contributed by atoms with Crippen molar-refractivity contribution in [3.05, 3.63) is 29.0 Å². The van der Waals surface area contributed by atoms with Crippen LogP contribution in [0.2, 0.25) is 5.02 Å². The molecular formula is C13H17ClFNO. The molecule has 0 amide bonds. The van der Waals surface area contributed by atoms with Gasteiger partial charge in [0.15, 0.2) is 0 Å². The topological polar surface area (TPSA) is 21.3 Å². The molecule has 0 spiro atoms. The van der Waals surface area contributed by atoms with Gasteiger partial charge in [-0.15, -0.1) is 0 Å². The fourth-order valence-corrected chi connectivity index (χ4v) is 2.33. The van der Waals surface area contributed by atoms with E-state index < -0.39 is 0 Å². The Morgan fingerprint density at radius 3 is 3.06 bits per heavy atom. The van der Waals surface area contributed by atoms with Crippen LogP contribution < -0.4 is 10.1 Å². The minimum Gasteiger partial charge on any atom is -0.492 e. The summed E-state index contributed by atoms with van der Waals surface area (Å²) in [6, 6.07) is 4.24. The third-order valence-electron chi connectivity index (χ3n) is 3.31. The van der Waals surface area contributed by atoms with E-state index >= 15 is 0 Å². The van der Waals surface area contributed by atoms with E-state index in [0.29, 0.717) is 29.2 Å². The fourth-order valence-electron chi connectivity index (χ4n) is 2.11. The molecule has 1 aromatic rings. The van der Waals surface area contributed by atoms with E-state index in [9.17, 15) is 4.39 Å². The molecule has 1 fully saturated rings. The molecule has 4 heteroatoms. The van der Waals surface area contributed by atoms with Gasteiger partial charge in [-0.2, -0.15) is 0 Å². The zero-order valence-electron chi connectivity index (χ0n) is 9.88. The summed E-state index contributed by atoms with van der Waals surface area (Å²) >= 11 is 5.91. The summed E-state index contributed by atoms with van der Waals surface area (Å²) in [6.45, 7) is 4.93. The van der Waals surface area contributed by atoms with Gasteiger partial charge in [0.1, 0.15) is 11.6 Å². The predicted octanol–water partition coefficient (Wildman–Crippen LogP) is 3.10. The van der Waals surface area contributed by atoms with Crippen LogP contribution in [0, 0.1) is 17.7 Å². The Bertz CT molecular complexity index is 386. The van der Waals surface area contributed by atoms with E-state index in [1.807, 2.05) is 0 Å². The molecule has 0 bridgehead atoms. The summed E-state index contributed by atoms with van der Waals surface area (Å²) in [6.07, 6.45) is 1.11. The Morgan fingerprint density at radius 2 is 2.35 bits per heavy atom. The van der Waals surface area contributed by atoms with Gasteiger partial charge in [-0.05, 0) is 49.5 Å². The van der Waals surface area contributed by atoms with E-state index in [1.54, 1.807) is 6.07 Å². The molecule has 1 heterocycles. The number of nitrogens with one attached hydrogen (secondary N) is 1. The highest BCUT2D eigenvalue weighted by Gasteiger charge is 2.21. The van der Waals surface area contributed by atoms with E-state index in [4.69, 9.17) is 16.3 Å². The lowest BCUT2D eigenvalue weighted by molar-refractivity contribution is 0.169. The lowest BCUT2D eigenvalue weighted by Gasteiger charge is -2.29. The monoisotopic (exact) mass is 257 g/mol. The maximum atomic E-state index is 12.9. The molecule has 0 radical (unpaired) electrons. The second-order valence-electron chi connectivity index (χ2n) is 4.62. The highest BCUT2D eigenvalue weighted by atomic mass is 35.5. The third-order valence-corrected chi connectivity index (χ3v) is 3.61.